The normalized spacial score (nSPS) is 27.7. The van der Waals surface area contributed by atoms with Gasteiger partial charge in [-0.05, 0) is 23.7 Å². The van der Waals surface area contributed by atoms with Gasteiger partial charge in [0.1, 0.15) is 11.5 Å². The summed E-state index contributed by atoms with van der Waals surface area (Å²) >= 11 is 0. The lowest BCUT2D eigenvalue weighted by Crippen LogP contribution is -2.62. The van der Waals surface area contributed by atoms with E-state index < -0.39 is 22.7 Å². The third kappa shape index (κ3) is 1.80. The van der Waals surface area contributed by atoms with Gasteiger partial charge in [0.15, 0.2) is 0 Å². The van der Waals surface area contributed by atoms with Crippen LogP contribution in [-0.4, -0.2) is 30.4 Å². The van der Waals surface area contributed by atoms with E-state index in [1.165, 1.54) is 0 Å². The average Bonchev–Trinajstić information content (AvgIpc) is 3.02. The van der Waals surface area contributed by atoms with E-state index in [9.17, 15) is 20.6 Å². The van der Waals surface area contributed by atoms with Crippen LogP contribution in [0.2, 0.25) is 0 Å². The first-order valence-electron chi connectivity index (χ1n) is 9.08. The standard InChI is InChI=1S/C21H18N6O/c1-2-27-8-7-13-14(9-22)18(25)20(11-23,12-24)21(16(13)10-27)15-5-3-4-6-17(15)26-19(21)28/h3-7,16H,2,8,10,25H2,1H3,(H,26,28)/t16-,21-/m1/s1. The Hall–Kier alpha value is -3.60. The second-order valence-corrected chi connectivity index (χ2v) is 7.25. The minimum atomic E-state index is -1.98. The maximum absolute atomic E-state index is 13.5. The number of amides is 1. The lowest BCUT2D eigenvalue weighted by Gasteiger charge is -2.50. The molecule has 3 aliphatic rings. The predicted octanol–water partition coefficient (Wildman–Crippen LogP) is 1.54. The van der Waals surface area contributed by atoms with Gasteiger partial charge in [0.05, 0.1) is 23.4 Å². The number of nitrogens with two attached hydrogens (primary N) is 1. The molecule has 0 radical (unpaired) electrons. The number of rotatable bonds is 1. The number of para-hydroxylation sites is 1. The molecular weight excluding hydrogens is 352 g/mol. The Bertz CT molecular complexity index is 1070. The molecule has 0 bridgehead atoms. The summed E-state index contributed by atoms with van der Waals surface area (Å²) < 4.78 is 0. The van der Waals surface area contributed by atoms with Crippen LogP contribution in [0.3, 0.4) is 0 Å². The van der Waals surface area contributed by atoms with Gasteiger partial charge in [0, 0.05) is 24.7 Å². The molecule has 1 aromatic rings. The number of anilines is 1. The summed E-state index contributed by atoms with van der Waals surface area (Å²) in [7, 11) is 0. The van der Waals surface area contributed by atoms with E-state index >= 15 is 0 Å². The summed E-state index contributed by atoms with van der Waals surface area (Å²) in [6.07, 6.45) is 1.90. The van der Waals surface area contributed by atoms with Crippen LogP contribution in [0, 0.1) is 45.3 Å². The topological polar surface area (TPSA) is 130 Å². The molecule has 0 saturated heterocycles. The first-order chi connectivity index (χ1) is 13.5. The molecule has 2 atom stereocenters. The number of carbonyl (C=O) groups is 1. The van der Waals surface area contributed by atoms with E-state index in [4.69, 9.17) is 5.73 Å². The van der Waals surface area contributed by atoms with Crippen LogP contribution < -0.4 is 11.1 Å². The van der Waals surface area contributed by atoms with Crippen molar-refractivity contribution in [2.24, 2.45) is 17.1 Å². The molecule has 0 aromatic heterocycles. The molecule has 28 heavy (non-hydrogen) atoms. The number of carbonyl (C=O) groups excluding carboxylic acids is 1. The van der Waals surface area contributed by atoms with Crippen molar-refractivity contribution in [1.29, 1.82) is 15.8 Å². The summed E-state index contributed by atoms with van der Waals surface area (Å²) in [4.78, 5) is 15.6. The van der Waals surface area contributed by atoms with Crippen molar-refractivity contribution < 1.29 is 4.79 Å². The zero-order valence-corrected chi connectivity index (χ0v) is 15.4. The fourth-order valence-corrected chi connectivity index (χ4v) is 4.97. The van der Waals surface area contributed by atoms with Gasteiger partial charge in [0.2, 0.25) is 11.3 Å². The Kier molecular flexibility index (Phi) is 3.79. The van der Waals surface area contributed by atoms with Gasteiger partial charge >= 0.3 is 0 Å². The predicted molar refractivity (Wildman–Crippen MR) is 101 cm³/mol. The Balaban J connectivity index is 2.17. The maximum Gasteiger partial charge on any atom is 0.238 e. The molecule has 1 aromatic carbocycles. The van der Waals surface area contributed by atoms with Gasteiger partial charge in [0.25, 0.3) is 0 Å². The van der Waals surface area contributed by atoms with Gasteiger partial charge in [-0.2, -0.15) is 15.8 Å². The molecule has 3 N–H and O–H groups in total. The number of hydrogen-bond acceptors (Lipinski definition) is 6. The molecule has 0 unspecified atom stereocenters. The zero-order valence-electron chi connectivity index (χ0n) is 15.4. The van der Waals surface area contributed by atoms with Crippen LogP contribution in [0.5, 0.6) is 0 Å². The Morgan fingerprint density at radius 2 is 2.00 bits per heavy atom. The molecule has 1 amide bonds. The number of allylic oxidation sites excluding steroid dienone is 2. The monoisotopic (exact) mass is 370 g/mol. The van der Waals surface area contributed by atoms with Crippen molar-refractivity contribution >= 4 is 11.6 Å². The molecule has 4 rings (SSSR count). The van der Waals surface area contributed by atoms with Gasteiger partial charge in [-0.3, -0.25) is 9.69 Å². The van der Waals surface area contributed by atoms with Crippen LogP contribution in [0.15, 0.2) is 47.2 Å². The molecule has 2 aliphatic heterocycles. The van der Waals surface area contributed by atoms with Gasteiger partial charge < -0.3 is 11.1 Å². The molecule has 138 valence electrons. The fourth-order valence-electron chi connectivity index (χ4n) is 4.97. The number of nitriles is 3. The largest absolute Gasteiger partial charge is 0.399 e. The van der Waals surface area contributed by atoms with Crippen LogP contribution >= 0.6 is 0 Å². The summed E-state index contributed by atoms with van der Waals surface area (Å²) in [5.41, 5.74) is 4.63. The lowest BCUT2D eigenvalue weighted by atomic mass is 9.48. The van der Waals surface area contributed by atoms with Crippen molar-refractivity contribution in [1.82, 2.24) is 4.90 Å². The molecular formula is C21H18N6O. The Morgan fingerprint density at radius 1 is 1.29 bits per heavy atom. The quantitative estimate of drug-likeness (QED) is 0.771. The summed E-state index contributed by atoms with van der Waals surface area (Å²) in [6.45, 7) is 3.82. The van der Waals surface area contributed by atoms with Gasteiger partial charge in [-0.15, -0.1) is 0 Å². The zero-order chi connectivity index (χ0) is 20.1. The van der Waals surface area contributed by atoms with E-state index in [-0.39, 0.29) is 11.3 Å². The molecule has 7 heteroatoms. The fraction of sp³-hybridized carbons (Fsp3) is 0.333. The number of nitrogens with one attached hydrogen (secondary N) is 1. The molecule has 7 nitrogen and oxygen atoms in total. The van der Waals surface area contributed by atoms with Crippen molar-refractivity contribution in [3.8, 4) is 18.2 Å². The van der Waals surface area contributed by atoms with E-state index in [0.717, 1.165) is 6.54 Å². The number of fused-ring (bicyclic) bond motifs is 4. The van der Waals surface area contributed by atoms with E-state index in [1.54, 1.807) is 24.3 Å². The lowest BCUT2D eigenvalue weighted by molar-refractivity contribution is -0.125. The number of nitrogens with zero attached hydrogens (tertiary/aromatic N) is 4. The summed E-state index contributed by atoms with van der Waals surface area (Å²) in [6, 6.07) is 13.3. The molecule has 2 heterocycles. The molecule has 0 saturated carbocycles. The summed E-state index contributed by atoms with van der Waals surface area (Å²) in [5.74, 6) is -0.961. The highest BCUT2D eigenvalue weighted by molar-refractivity contribution is 6.09. The highest BCUT2D eigenvalue weighted by atomic mass is 16.2. The van der Waals surface area contributed by atoms with Crippen molar-refractivity contribution in [3.05, 3.63) is 52.7 Å². The van der Waals surface area contributed by atoms with Crippen LogP contribution in [0.25, 0.3) is 0 Å². The number of benzene rings is 1. The van der Waals surface area contributed by atoms with Gasteiger partial charge in [-0.1, -0.05) is 31.2 Å². The number of likely N-dealkylation sites (N-methyl/N-ethyl adjacent to an activating group) is 1. The minimum absolute atomic E-state index is 0.140. The third-order valence-corrected chi connectivity index (χ3v) is 6.31. The van der Waals surface area contributed by atoms with E-state index in [1.807, 2.05) is 25.1 Å². The van der Waals surface area contributed by atoms with Crippen molar-refractivity contribution in [3.63, 3.8) is 0 Å². The van der Waals surface area contributed by atoms with Gasteiger partial charge in [-0.25, -0.2) is 0 Å². The van der Waals surface area contributed by atoms with Crippen molar-refractivity contribution in [2.75, 3.05) is 25.0 Å². The highest BCUT2D eigenvalue weighted by Gasteiger charge is 2.71. The SMILES string of the molecule is CCN1CC=C2C(C#N)=C(N)C(C#N)(C#N)[C@@]3(C(=O)Nc4ccccc43)[C@@H]2C1. The first kappa shape index (κ1) is 17.8. The smallest absolute Gasteiger partial charge is 0.238 e. The highest BCUT2D eigenvalue weighted by Crippen LogP contribution is 2.62. The Labute approximate surface area is 162 Å². The third-order valence-electron chi connectivity index (χ3n) is 6.31. The molecule has 0 fully saturated rings. The maximum atomic E-state index is 13.5. The Morgan fingerprint density at radius 3 is 2.64 bits per heavy atom. The second kappa shape index (κ2) is 5.96. The van der Waals surface area contributed by atoms with E-state index in [0.29, 0.717) is 29.9 Å². The second-order valence-electron chi connectivity index (χ2n) is 7.25. The van der Waals surface area contributed by atoms with E-state index in [2.05, 4.69) is 16.3 Å². The molecule has 1 aliphatic carbocycles. The van der Waals surface area contributed by atoms with Crippen LogP contribution in [0.1, 0.15) is 12.5 Å². The van der Waals surface area contributed by atoms with Crippen molar-refractivity contribution in [2.45, 2.75) is 12.3 Å². The molecule has 1 spiro atoms. The van der Waals surface area contributed by atoms with Crippen LogP contribution in [0.4, 0.5) is 5.69 Å². The van der Waals surface area contributed by atoms with Crippen LogP contribution in [-0.2, 0) is 10.2 Å². The minimum Gasteiger partial charge on any atom is -0.399 e. The number of hydrogen-bond donors (Lipinski definition) is 2. The first-order valence-corrected chi connectivity index (χ1v) is 9.08. The average molecular weight is 370 g/mol. The summed E-state index contributed by atoms with van der Waals surface area (Å²) in [5, 5.41) is 33.0.